The highest BCUT2D eigenvalue weighted by Crippen LogP contribution is 2.28. The average Bonchev–Trinajstić information content (AvgIpc) is 2.69. The molecular formula is C20H24N2O5. The molecular weight excluding hydrogens is 348 g/mol. The lowest BCUT2D eigenvalue weighted by Crippen LogP contribution is -2.34. The average molecular weight is 372 g/mol. The van der Waals surface area contributed by atoms with Crippen molar-refractivity contribution in [2.24, 2.45) is 0 Å². The van der Waals surface area contributed by atoms with Gasteiger partial charge in [-0.15, -0.1) is 0 Å². The third-order valence-electron chi connectivity index (χ3n) is 3.80. The second-order valence-corrected chi connectivity index (χ2v) is 5.87. The van der Waals surface area contributed by atoms with E-state index in [2.05, 4.69) is 10.6 Å². The summed E-state index contributed by atoms with van der Waals surface area (Å²) in [5.74, 6) is 0.327. The van der Waals surface area contributed by atoms with E-state index in [-0.39, 0.29) is 11.6 Å². The molecule has 2 aromatic carbocycles. The van der Waals surface area contributed by atoms with Gasteiger partial charge < -0.3 is 25.2 Å². The van der Waals surface area contributed by atoms with Gasteiger partial charge in [0.05, 0.1) is 19.3 Å². The van der Waals surface area contributed by atoms with Gasteiger partial charge in [-0.25, -0.2) is 9.59 Å². The van der Waals surface area contributed by atoms with Gasteiger partial charge in [0.15, 0.2) is 11.5 Å². The molecule has 2 aromatic rings. The summed E-state index contributed by atoms with van der Waals surface area (Å²) in [5.41, 5.74) is 1.91. The van der Waals surface area contributed by atoms with Crippen molar-refractivity contribution in [3.63, 3.8) is 0 Å². The fourth-order valence-corrected chi connectivity index (χ4v) is 2.35. The highest BCUT2D eigenvalue weighted by atomic mass is 16.5. The molecule has 0 fully saturated rings. The van der Waals surface area contributed by atoms with Crippen LogP contribution in [-0.4, -0.2) is 30.8 Å². The van der Waals surface area contributed by atoms with Gasteiger partial charge in [-0.2, -0.15) is 0 Å². The van der Waals surface area contributed by atoms with Gasteiger partial charge in [-0.05, 0) is 41.8 Å². The number of carbonyl (C=O) groups is 2. The van der Waals surface area contributed by atoms with Crippen LogP contribution in [0, 0.1) is 0 Å². The number of benzene rings is 2. The largest absolute Gasteiger partial charge is 0.493 e. The van der Waals surface area contributed by atoms with E-state index in [9.17, 15) is 9.59 Å². The van der Waals surface area contributed by atoms with Crippen LogP contribution in [0.15, 0.2) is 42.5 Å². The maximum atomic E-state index is 12.0. The van der Waals surface area contributed by atoms with Gasteiger partial charge in [0, 0.05) is 13.1 Å². The molecule has 144 valence electrons. The van der Waals surface area contributed by atoms with Crippen LogP contribution in [0.1, 0.15) is 34.8 Å². The normalized spacial score (nSPS) is 10.1. The van der Waals surface area contributed by atoms with E-state index in [4.69, 9.17) is 14.6 Å². The molecule has 27 heavy (non-hydrogen) atoms. The quantitative estimate of drug-likeness (QED) is 0.628. The van der Waals surface area contributed by atoms with Crippen molar-refractivity contribution in [2.75, 3.05) is 13.7 Å². The molecule has 2 amide bonds. The Morgan fingerprint density at radius 3 is 2.19 bits per heavy atom. The lowest BCUT2D eigenvalue weighted by molar-refractivity contribution is 0.0697. The van der Waals surface area contributed by atoms with Gasteiger partial charge >= 0.3 is 12.0 Å². The summed E-state index contributed by atoms with van der Waals surface area (Å²) >= 11 is 0. The molecule has 0 bridgehead atoms. The molecule has 7 heteroatoms. The summed E-state index contributed by atoms with van der Waals surface area (Å²) in [6.45, 7) is 3.29. The lowest BCUT2D eigenvalue weighted by atomic mass is 10.1. The number of carboxylic acids is 1. The van der Waals surface area contributed by atoms with E-state index in [0.29, 0.717) is 31.2 Å². The number of carboxylic acid groups (broad SMARTS) is 1. The first-order valence-electron chi connectivity index (χ1n) is 8.67. The Balaban J connectivity index is 1.83. The summed E-state index contributed by atoms with van der Waals surface area (Å²) in [6.07, 6.45) is 0.908. The van der Waals surface area contributed by atoms with Crippen LogP contribution in [0.4, 0.5) is 4.79 Å². The number of hydrogen-bond donors (Lipinski definition) is 3. The predicted octanol–water partition coefficient (Wildman–Crippen LogP) is 3.18. The van der Waals surface area contributed by atoms with Crippen molar-refractivity contribution < 1.29 is 24.2 Å². The Kier molecular flexibility index (Phi) is 7.49. The number of methoxy groups -OCH3 is 1. The Morgan fingerprint density at radius 2 is 1.59 bits per heavy atom. The summed E-state index contributed by atoms with van der Waals surface area (Å²) in [7, 11) is 1.58. The van der Waals surface area contributed by atoms with Crippen molar-refractivity contribution in [3.05, 3.63) is 59.2 Å². The maximum Gasteiger partial charge on any atom is 0.335 e. The molecule has 2 rings (SSSR count). The first-order valence-corrected chi connectivity index (χ1v) is 8.67. The van der Waals surface area contributed by atoms with Crippen molar-refractivity contribution in [1.29, 1.82) is 0 Å². The van der Waals surface area contributed by atoms with E-state index in [1.165, 1.54) is 12.1 Å². The zero-order chi connectivity index (χ0) is 19.6. The molecule has 0 atom stereocenters. The van der Waals surface area contributed by atoms with Crippen LogP contribution >= 0.6 is 0 Å². The molecule has 0 aromatic heterocycles. The Labute approximate surface area is 158 Å². The number of aromatic carboxylic acids is 1. The number of amides is 2. The minimum atomic E-state index is -0.978. The molecule has 0 saturated carbocycles. The summed E-state index contributed by atoms with van der Waals surface area (Å²) in [4.78, 5) is 22.8. The number of carbonyl (C=O) groups excluding carboxylic acids is 1. The van der Waals surface area contributed by atoms with Crippen LogP contribution in [-0.2, 0) is 13.1 Å². The van der Waals surface area contributed by atoms with Crippen LogP contribution in [0.5, 0.6) is 11.5 Å². The molecule has 3 N–H and O–H groups in total. The van der Waals surface area contributed by atoms with E-state index in [1.54, 1.807) is 19.2 Å². The number of hydrogen-bond acceptors (Lipinski definition) is 4. The van der Waals surface area contributed by atoms with Crippen molar-refractivity contribution in [2.45, 2.75) is 26.4 Å². The molecule has 0 saturated heterocycles. The Bertz CT molecular complexity index is 774. The second-order valence-electron chi connectivity index (χ2n) is 5.87. The van der Waals surface area contributed by atoms with Crippen molar-refractivity contribution in [1.82, 2.24) is 10.6 Å². The highest BCUT2D eigenvalue weighted by Gasteiger charge is 2.07. The van der Waals surface area contributed by atoms with E-state index in [0.717, 1.165) is 17.5 Å². The molecule has 0 heterocycles. The van der Waals surface area contributed by atoms with Crippen LogP contribution in [0.25, 0.3) is 0 Å². The van der Waals surface area contributed by atoms with E-state index in [1.807, 2.05) is 25.1 Å². The predicted molar refractivity (Wildman–Crippen MR) is 101 cm³/mol. The minimum absolute atomic E-state index is 0.212. The molecule has 7 nitrogen and oxygen atoms in total. The minimum Gasteiger partial charge on any atom is -0.493 e. The number of urea groups is 1. The smallest absolute Gasteiger partial charge is 0.335 e. The molecule has 0 radical (unpaired) electrons. The van der Waals surface area contributed by atoms with Crippen LogP contribution in [0.2, 0.25) is 0 Å². The SMILES string of the molecule is CCCOc1ccc(CNC(=O)NCc2ccc(C(=O)O)cc2)cc1OC. The Morgan fingerprint density at radius 1 is 0.963 bits per heavy atom. The van der Waals surface area contributed by atoms with Crippen molar-refractivity contribution in [3.8, 4) is 11.5 Å². The molecule has 0 unspecified atom stereocenters. The second kappa shape index (κ2) is 10.1. The fraction of sp³-hybridized carbons (Fsp3) is 0.300. The first kappa shape index (κ1) is 20.1. The standard InChI is InChI=1S/C20H24N2O5/c1-3-10-27-17-9-6-15(11-18(17)26-2)13-22-20(25)21-12-14-4-7-16(8-5-14)19(23)24/h4-9,11H,3,10,12-13H2,1-2H3,(H,23,24)(H2,21,22,25). The maximum absolute atomic E-state index is 12.0. The first-order chi connectivity index (χ1) is 13.0. The van der Waals surface area contributed by atoms with E-state index >= 15 is 0 Å². The fourth-order valence-electron chi connectivity index (χ4n) is 2.35. The summed E-state index contributed by atoms with van der Waals surface area (Å²) < 4.78 is 10.9. The zero-order valence-electron chi connectivity index (χ0n) is 15.5. The number of nitrogens with one attached hydrogen (secondary N) is 2. The third-order valence-corrected chi connectivity index (χ3v) is 3.80. The molecule has 0 aliphatic rings. The van der Waals surface area contributed by atoms with Gasteiger partial charge in [0.1, 0.15) is 0 Å². The van der Waals surface area contributed by atoms with Gasteiger partial charge in [-0.1, -0.05) is 25.1 Å². The lowest BCUT2D eigenvalue weighted by Gasteiger charge is -2.12. The van der Waals surface area contributed by atoms with Crippen LogP contribution in [0.3, 0.4) is 0 Å². The topological polar surface area (TPSA) is 96.9 Å². The summed E-state index contributed by atoms with van der Waals surface area (Å²) in [6, 6.07) is 11.6. The highest BCUT2D eigenvalue weighted by molar-refractivity contribution is 5.87. The van der Waals surface area contributed by atoms with Gasteiger partial charge in [0.25, 0.3) is 0 Å². The van der Waals surface area contributed by atoms with Crippen LogP contribution < -0.4 is 20.1 Å². The number of ether oxygens (including phenoxy) is 2. The number of rotatable bonds is 9. The molecule has 0 aliphatic heterocycles. The van der Waals surface area contributed by atoms with Gasteiger partial charge in [0.2, 0.25) is 0 Å². The van der Waals surface area contributed by atoms with Gasteiger partial charge in [-0.3, -0.25) is 0 Å². The van der Waals surface area contributed by atoms with E-state index < -0.39 is 5.97 Å². The monoisotopic (exact) mass is 372 g/mol. The Hall–Kier alpha value is -3.22. The third kappa shape index (κ3) is 6.22. The molecule has 0 aliphatic carbocycles. The van der Waals surface area contributed by atoms with Crippen molar-refractivity contribution >= 4 is 12.0 Å². The summed E-state index contributed by atoms with van der Waals surface area (Å²) in [5, 5.41) is 14.4. The zero-order valence-corrected chi connectivity index (χ0v) is 15.5. The molecule has 0 spiro atoms.